The molecule has 104 valence electrons. The Morgan fingerprint density at radius 2 is 2.10 bits per heavy atom. The second-order valence-corrected chi connectivity index (χ2v) is 6.18. The van der Waals surface area contributed by atoms with E-state index in [-0.39, 0.29) is 0 Å². The number of pyridine rings is 1. The lowest BCUT2D eigenvalue weighted by Gasteiger charge is -2.21. The standard InChI is InChI=1S/C16H18N2O2/c1-16(2)8-9-18(10-16)14-7-6-11-12(15(19)20)4-3-5-13(11)17-14/h3-7H,8-10H2,1-2H3,(H,19,20). The fourth-order valence-corrected chi connectivity index (χ4v) is 2.81. The Kier molecular flexibility index (Phi) is 2.89. The number of benzene rings is 1. The number of fused-ring (bicyclic) bond motifs is 1. The molecule has 1 saturated heterocycles. The van der Waals surface area contributed by atoms with Crippen LogP contribution in [-0.4, -0.2) is 29.1 Å². The maximum absolute atomic E-state index is 11.2. The second kappa shape index (κ2) is 4.47. The van der Waals surface area contributed by atoms with Gasteiger partial charge in [-0.15, -0.1) is 0 Å². The molecule has 1 fully saturated rings. The van der Waals surface area contributed by atoms with Crippen LogP contribution in [0.25, 0.3) is 10.9 Å². The van der Waals surface area contributed by atoms with E-state index in [0.717, 1.165) is 30.8 Å². The first-order valence-electron chi connectivity index (χ1n) is 6.84. The van der Waals surface area contributed by atoms with Crippen molar-refractivity contribution in [3.63, 3.8) is 0 Å². The maximum atomic E-state index is 11.2. The Morgan fingerprint density at radius 3 is 2.75 bits per heavy atom. The Balaban J connectivity index is 2.02. The minimum absolute atomic E-state index is 0.309. The molecule has 4 nitrogen and oxygen atoms in total. The third-order valence-corrected chi connectivity index (χ3v) is 3.95. The highest BCUT2D eigenvalue weighted by Crippen LogP contribution is 2.32. The summed E-state index contributed by atoms with van der Waals surface area (Å²) < 4.78 is 0. The van der Waals surface area contributed by atoms with Crippen LogP contribution >= 0.6 is 0 Å². The van der Waals surface area contributed by atoms with E-state index in [4.69, 9.17) is 0 Å². The quantitative estimate of drug-likeness (QED) is 0.910. The molecule has 1 aromatic heterocycles. The first kappa shape index (κ1) is 12.9. The zero-order valence-corrected chi connectivity index (χ0v) is 11.8. The number of hydrogen-bond acceptors (Lipinski definition) is 3. The molecule has 0 aliphatic carbocycles. The van der Waals surface area contributed by atoms with Gasteiger partial charge in [-0.2, -0.15) is 0 Å². The van der Waals surface area contributed by atoms with Crippen LogP contribution in [0.2, 0.25) is 0 Å². The number of hydrogen-bond donors (Lipinski definition) is 1. The van der Waals surface area contributed by atoms with Crippen LogP contribution in [0, 0.1) is 5.41 Å². The van der Waals surface area contributed by atoms with Crippen LogP contribution < -0.4 is 4.90 Å². The van der Waals surface area contributed by atoms with Gasteiger partial charge < -0.3 is 10.0 Å². The molecule has 0 unspecified atom stereocenters. The van der Waals surface area contributed by atoms with Crippen LogP contribution in [-0.2, 0) is 0 Å². The molecule has 2 aromatic rings. The van der Waals surface area contributed by atoms with Gasteiger partial charge in [-0.05, 0) is 36.1 Å². The highest BCUT2D eigenvalue weighted by molar-refractivity contribution is 6.02. The third-order valence-electron chi connectivity index (χ3n) is 3.95. The molecule has 0 spiro atoms. The topological polar surface area (TPSA) is 53.4 Å². The van der Waals surface area contributed by atoms with Crippen molar-refractivity contribution in [2.75, 3.05) is 18.0 Å². The smallest absolute Gasteiger partial charge is 0.336 e. The summed E-state index contributed by atoms with van der Waals surface area (Å²) in [5, 5.41) is 9.89. The van der Waals surface area contributed by atoms with E-state index in [9.17, 15) is 9.90 Å². The van der Waals surface area contributed by atoms with E-state index < -0.39 is 5.97 Å². The molecule has 1 N–H and O–H groups in total. The van der Waals surface area contributed by atoms with Crippen molar-refractivity contribution in [2.45, 2.75) is 20.3 Å². The molecule has 0 amide bonds. The number of carboxylic acid groups (broad SMARTS) is 1. The van der Waals surface area contributed by atoms with Gasteiger partial charge in [0.15, 0.2) is 0 Å². The number of rotatable bonds is 2. The summed E-state index contributed by atoms with van der Waals surface area (Å²) in [5.41, 5.74) is 1.37. The van der Waals surface area contributed by atoms with Crippen molar-refractivity contribution in [2.24, 2.45) is 5.41 Å². The first-order chi connectivity index (χ1) is 9.46. The Hall–Kier alpha value is -2.10. The second-order valence-electron chi connectivity index (χ2n) is 6.18. The minimum Gasteiger partial charge on any atom is -0.478 e. The zero-order chi connectivity index (χ0) is 14.3. The fourth-order valence-electron chi connectivity index (χ4n) is 2.81. The van der Waals surface area contributed by atoms with Gasteiger partial charge in [0.1, 0.15) is 5.82 Å². The zero-order valence-electron chi connectivity index (χ0n) is 11.8. The summed E-state index contributed by atoms with van der Waals surface area (Å²) in [6, 6.07) is 9.02. The molecule has 0 saturated carbocycles. The van der Waals surface area contributed by atoms with Crippen LogP contribution in [0.15, 0.2) is 30.3 Å². The lowest BCUT2D eigenvalue weighted by Crippen LogP contribution is -2.23. The van der Waals surface area contributed by atoms with Crippen molar-refractivity contribution in [3.05, 3.63) is 35.9 Å². The van der Waals surface area contributed by atoms with E-state index in [2.05, 4.69) is 23.7 Å². The molecule has 20 heavy (non-hydrogen) atoms. The predicted octanol–water partition coefficient (Wildman–Crippen LogP) is 3.17. The van der Waals surface area contributed by atoms with E-state index in [0.29, 0.717) is 16.4 Å². The van der Waals surface area contributed by atoms with Gasteiger partial charge >= 0.3 is 5.97 Å². The van der Waals surface area contributed by atoms with E-state index >= 15 is 0 Å². The summed E-state index contributed by atoms with van der Waals surface area (Å²) in [5.74, 6) is 0.0260. The van der Waals surface area contributed by atoms with E-state index in [1.54, 1.807) is 12.1 Å². The van der Waals surface area contributed by atoms with Crippen molar-refractivity contribution in [1.29, 1.82) is 0 Å². The third kappa shape index (κ3) is 2.22. The molecule has 1 aliphatic rings. The van der Waals surface area contributed by atoms with Crippen LogP contribution in [0.3, 0.4) is 0 Å². The van der Waals surface area contributed by atoms with E-state index in [1.165, 1.54) is 0 Å². The van der Waals surface area contributed by atoms with Gasteiger partial charge in [0.05, 0.1) is 11.1 Å². The van der Waals surface area contributed by atoms with Crippen molar-refractivity contribution >= 4 is 22.7 Å². The molecule has 2 heterocycles. The van der Waals surface area contributed by atoms with Gasteiger partial charge in [0.25, 0.3) is 0 Å². The number of aromatic nitrogens is 1. The summed E-state index contributed by atoms with van der Waals surface area (Å²) >= 11 is 0. The SMILES string of the molecule is CC1(C)CCN(c2ccc3c(C(=O)O)cccc3n2)C1. The first-order valence-corrected chi connectivity index (χ1v) is 6.84. The lowest BCUT2D eigenvalue weighted by atomic mass is 9.93. The lowest BCUT2D eigenvalue weighted by molar-refractivity contribution is 0.0699. The molecule has 4 heteroatoms. The molecule has 0 atom stereocenters. The Labute approximate surface area is 118 Å². The van der Waals surface area contributed by atoms with Crippen LogP contribution in [0.1, 0.15) is 30.6 Å². The number of aromatic carboxylic acids is 1. The fraction of sp³-hybridized carbons (Fsp3) is 0.375. The highest BCUT2D eigenvalue weighted by Gasteiger charge is 2.29. The number of anilines is 1. The van der Waals surface area contributed by atoms with Crippen molar-refractivity contribution < 1.29 is 9.90 Å². The molecule has 0 radical (unpaired) electrons. The van der Waals surface area contributed by atoms with Gasteiger partial charge in [0, 0.05) is 18.5 Å². The van der Waals surface area contributed by atoms with Crippen LogP contribution in [0.4, 0.5) is 5.82 Å². The molecular formula is C16H18N2O2. The molecule has 1 aliphatic heterocycles. The molecular weight excluding hydrogens is 252 g/mol. The van der Waals surface area contributed by atoms with Crippen LogP contribution in [0.5, 0.6) is 0 Å². The largest absolute Gasteiger partial charge is 0.478 e. The Bertz CT molecular complexity index is 679. The minimum atomic E-state index is -0.910. The summed E-state index contributed by atoms with van der Waals surface area (Å²) in [6.07, 6.45) is 1.15. The monoisotopic (exact) mass is 270 g/mol. The molecule has 0 bridgehead atoms. The molecule has 1 aromatic carbocycles. The summed E-state index contributed by atoms with van der Waals surface area (Å²) in [6.45, 7) is 6.52. The van der Waals surface area contributed by atoms with Crippen molar-refractivity contribution in [1.82, 2.24) is 4.98 Å². The highest BCUT2D eigenvalue weighted by atomic mass is 16.4. The normalized spacial score (nSPS) is 17.6. The molecule has 3 rings (SSSR count). The van der Waals surface area contributed by atoms with Crippen molar-refractivity contribution in [3.8, 4) is 0 Å². The Morgan fingerprint density at radius 1 is 1.30 bits per heavy atom. The average molecular weight is 270 g/mol. The van der Waals surface area contributed by atoms with Gasteiger partial charge in [-0.3, -0.25) is 0 Å². The van der Waals surface area contributed by atoms with Gasteiger partial charge in [0.2, 0.25) is 0 Å². The summed E-state index contributed by atoms with van der Waals surface area (Å²) in [4.78, 5) is 18.1. The predicted molar refractivity (Wildman–Crippen MR) is 79.3 cm³/mol. The van der Waals surface area contributed by atoms with Gasteiger partial charge in [-0.25, -0.2) is 9.78 Å². The van der Waals surface area contributed by atoms with E-state index in [1.807, 2.05) is 18.2 Å². The number of nitrogens with zero attached hydrogens (tertiary/aromatic N) is 2. The average Bonchev–Trinajstić information content (AvgIpc) is 2.77. The maximum Gasteiger partial charge on any atom is 0.336 e. The summed E-state index contributed by atoms with van der Waals surface area (Å²) in [7, 11) is 0. The number of carbonyl (C=O) groups is 1. The number of carboxylic acids is 1. The van der Waals surface area contributed by atoms with Gasteiger partial charge in [-0.1, -0.05) is 19.9 Å².